The lowest BCUT2D eigenvalue weighted by Crippen LogP contribution is -2.51. The quantitative estimate of drug-likeness (QED) is 0.899. The molecule has 21 heavy (non-hydrogen) atoms. The Bertz CT molecular complexity index is 554. The Kier molecular flexibility index (Phi) is 4.50. The summed E-state index contributed by atoms with van der Waals surface area (Å²) in [6, 6.07) is 4.80. The maximum absolute atomic E-state index is 12.4. The van der Waals surface area contributed by atoms with Crippen LogP contribution in [0.15, 0.2) is 18.2 Å². The number of amides is 2. The molecule has 5 nitrogen and oxygen atoms in total. The van der Waals surface area contributed by atoms with Gasteiger partial charge in [-0.2, -0.15) is 0 Å². The molecule has 0 spiro atoms. The molecule has 0 radical (unpaired) electrons. The van der Waals surface area contributed by atoms with Crippen LogP contribution in [0.25, 0.3) is 0 Å². The minimum absolute atomic E-state index is 0.159. The number of hydrogen-bond acceptors (Lipinski definition) is 2. The molecular formula is C16H22N2O3. The van der Waals surface area contributed by atoms with Gasteiger partial charge in [-0.05, 0) is 37.3 Å². The summed E-state index contributed by atoms with van der Waals surface area (Å²) >= 11 is 0. The summed E-state index contributed by atoms with van der Waals surface area (Å²) in [6.07, 6.45) is 1.84. The average Bonchev–Trinajstić information content (AvgIpc) is 2.42. The third kappa shape index (κ3) is 3.35. The van der Waals surface area contributed by atoms with Crippen molar-refractivity contribution in [3.8, 4) is 0 Å². The maximum atomic E-state index is 12.4. The number of carbonyl (C=O) groups excluding carboxylic acids is 1. The van der Waals surface area contributed by atoms with E-state index in [9.17, 15) is 14.7 Å². The van der Waals surface area contributed by atoms with E-state index in [2.05, 4.69) is 11.4 Å². The monoisotopic (exact) mass is 290 g/mol. The van der Waals surface area contributed by atoms with E-state index in [4.69, 9.17) is 0 Å². The Hall–Kier alpha value is -2.04. The summed E-state index contributed by atoms with van der Waals surface area (Å²) < 4.78 is 0. The fourth-order valence-electron chi connectivity index (χ4n) is 2.66. The third-order valence-corrected chi connectivity index (χ3v) is 3.81. The van der Waals surface area contributed by atoms with Gasteiger partial charge in [-0.3, -0.25) is 4.90 Å². The van der Waals surface area contributed by atoms with E-state index in [1.807, 2.05) is 19.1 Å². The van der Waals surface area contributed by atoms with E-state index >= 15 is 0 Å². The Morgan fingerprint density at radius 2 is 2.05 bits per heavy atom. The summed E-state index contributed by atoms with van der Waals surface area (Å²) in [5.41, 5.74) is 3.20. The summed E-state index contributed by atoms with van der Waals surface area (Å²) in [5, 5.41) is 11.8. The number of carbonyl (C=O) groups is 2. The van der Waals surface area contributed by atoms with Gasteiger partial charge in [0, 0.05) is 12.2 Å². The van der Waals surface area contributed by atoms with Crippen molar-refractivity contribution in [1.29, 1.82) is 0 Å². The van der Waals surface area contributed by atoms with Crippen LogP contribution in [0, 0.1) is 12.8 Å². The number of benzene rings is 1. The summed E-state index contributed by atoms with van der Waals surface area (Å²) in [5.74, 6) is -1.16. The highest BCUT2D eigenvalue weighted by Crippen LogP contribution is 2.28. The second kappa shape index (κ2) is 6.16. The van der Waals surface area contributed by atoms with Crippen LogP contribution < -0.4 is 10.2 Å². The van der Waals surface area contributed by atoms with Crippen molar-refractivity contribution in [2.45, 2.75) is 39.7 Å². The van der Waals surface area contributed by atoms with Gasteiger partial charge in [0.05, 0.1) is 0 Å². The first-order valence-electron chi connectivity index (χ1n) is 7.30. The molecule has 2 N–H and O–H groups in total. The Balaban J connectivity index is 2.20. The number of aliphatic carboxylic acids is 1. The molecular weight excluding hydrogens is 268 g/mol. The highest BCUT2D eigenvalue weighted by molar-refractivity contribution is 5.95. The van der Waals surface area contributed by atoms with Crippen molar-refractivity contribution in [2.24, 2.45) is 5.92 Å². The zero-order valence-electron chi connectivity index (χ0n) is 12.7. The van der Waals surface area contributed by atoms with Crippen molar-refractivity contribution >= 4 is 17.7 Å². The number of fused-ring (bicyclic) bond motifs is 1. The van der Waals surface area contributed by atoms with Gasteiger partial charge < -0.3 is 10.4 Å². The molecule has 1 aromatic rings. The normalized spacial score (nSPS) is 15.5. The minimum Gasteiger partial charge on any atom is -0.480 e. The summed E-state index contributed by atoms with van der Waals surface area (Å²) in [6.45, 7) is 6.21. The largest absolute Gasteiger partial charge is 0.480 e. The lowest BCUT2D eigenvalue weighted by molar-refractivity contribution is -0.140. The Morgan fingerprint density at radius 3 is 2.67 bits per heavy atom. The zero-order chi connectivity index (χ0) is 15.6. The van der Waals surface area contributed by atoms with Gasteiger partial charge in [0.1, 0.15) is 6.04 Å². The van der Waals surface area contributed by atoms with Crippen LogP contribution in [0.3, 0.4) is 0 Å². The SMILES string of the molecule is Cc1ccc2c(c1)CCCN2C(=O)N[C@@H](C(=O)O)C(C)C. The molecule has 0 saturated carbocycles. The fourth-order valence-corrected chi connectivity index (χ4v) is 2.66. The van der Waals surface area contributed by atoms with Crippen molar-refractivity contribution < 1.29 is 14.7 Å². The van der Waals surface area contributed by atoms with Gasteiger partial charge in [-0.25, -0.2) is 9.59 Å². The van der Waals surface area contributed by atoms with E-state index < -0.39 is 12.0 Å². The molecule has 1 heterocycles. The maximum Gasteiger partial charge on any atom is 0.326 e. The van der Waals surface area contributed by atoms with E-state index in [-0.39, 0.29) is 11.9 Å². The molecule has 114 valence electrons. The molecule has 1 aliphatic heterocycles. The van der Waals surface area contributed by atoms with Gasteiger partial charge in [-0.15, -0.1) is 0 Å². The Morgan fingerprint density at radius 1 is 1.33 bits per heavy atom. The fraction of sp³-hybridized carbons (Fsp3) is 0.500. The molecule has 1 aromatic carbocycles. The highest BCUT2D eigenvalue weighted by Gasteiger charge is 2.28. The molecule has 1 atom stereocenters. The molecule has 0 fully saturated rings. The predicted molar refractivity (Wildman–Crippen MR) is 81.6 cm³/mol. The number of carboxylic acid groups (broad SMARTS) is 1. The number of aryl methyl sites for hydroxylation is 2. The van der Waals surface area contributed by atoms with Crippen molar-refractivity contribution in [2.75, 3.05) is 11.4 Å². The molecule has 1 aliphatic rings. The number of rotatable bonds is 3. The Labute approximate surface area is 125 Å². The molecule has 0 saturated heterocycles. The van der Waals surface area contributed by atoms with E-state index in [0.29, 0.717) is 6.54 Å². The van der Waals surface area contributed by atoms with Crippen molar-refractivity contribution in [1.82, 2.24) is 5.32 Å². The standard InChI is InChI=1S/C16H22N2O3/c1-10(2)14(15(19)20)17-16(21)18-8-4-5-12-9-11(3)6-7-13(12)18/h6-7,9-10,14H,4-5,8H2,1-3H3,(H,17,21)(H,19,20)/t14-/m1/s1. The molecule has 0 unspecified atom stereocenters. The van der Waals surface area contributed by atoms with Crippen molar-refractivity contribution in [3.05, 3.63) is 29.3 Å². The second-order valence-corrected chi connectivity index (χ2v) is 5.90. The van der Waals surface area contributed by atoms with E-state index in [1.54, 1.807) is 18.7 Å². The lowest BCUT2D eigenvalue weighted by atomic mass is 9.99. The number of carboxylic acids is 1. The molecule has 0 aliphatic carbocycles. The first-order valence-corrected chi connectivity index (χ1v) is 7.30. The second-order valence-electron chi connectivity index (χ2n) is 5.90. The zero-order valence-corrected chi connectivity index (χ0v) is 12.7. The number of hydrogen-bond donors (Lipinski definition) is 2. The predicted octanol–water partition coefficient (Wildman–Crippen LogP) is 2.57. The van der Waals surface area contributed by atoms with Gasteiger partial charge in [-0.1, -0.05) is 31.5 Å². The van der Waals surface area contributed by atoms with Crippen LogP contribution in [0.5, 0.6) is 0 Å². The van der Waals surface area contributed by atoms with E-state index in [0.717, 1.165) is 24.1 Å². The first-order chi connectivity index (χ1) is 9.90. The van der Waals surface area contributed by atoms with Crippen LogP contribution in [-0.2, 0) is 11.2 Å². The average molecular weight is 290 g/mol. The van der Waals surface area contributed by atoms with Crippen molar-refractivity contribution in [3.63, 3.8) is 0 Å². The molecule has 0 bridgehead atoms. The minimum atomic E-state index is -1.00. The van der Waals surface area contributed by atoms with Gasteiger partial charge >= 0.3 is 12.0 Å². The van der Waals surface area contributed by atoms with Crippen LogP contribution in [0.2, 0.25) is 0 Å². The molecule has 0 aromatic heterocycles. The summed E-state index contributed by atoms with van der Waals surface area (Å²) in [4.78, 5) is 25.3. The highest BCUT2D eigenvalue weighted by atomic mass is 16.4. The molecule has 5 heteroatoms. The van der Waals surface area contributed by atoms with Crippen LogP contribution >= 0.6 is 0 Å². The van der Waals surface area contributed by atoms with Gasteiger partial charge in [0.2, 0.25) is 0 Å². The van der Waals surface area contributed by atoms with Gasteiger partial charge in [0.15, 0.2) is 0 Å². The topological polar surface area (TPSA) is 69.6 Å². The number of urea groups is 1. The number of nitrogens with one attached hydrogen (secondary N) is 1. The number of nitrogens with zero attached hydrogens (tertiary/aromatic N) is 1. The number of anilines is 1. The molecule has 2 amide bonds. The van der Waals surface area contributed by atoms with Gasteiger partial charge in [0.25, 0.3) is 0 Å². The molecule has 2 rings (SSSR count). The lowest BCUT2D eigenvalue weighted by Gasteiger charge is -2.31. The van der Waals surface area contributed by atoms with E-state index in [1.165, 1.54) is 5.56 Å². The van der Waals surface area contributed by atoms with Crippen LogP contribution in [-0.4, -0.2) is 29.7 Å². The smallest absolute Gasteiger partial charge is 0.326 e. The first kappa shape index (κ1) is 15.4. The van der Waals surface area contributed by atoms with Crippen LogP contribution in [0.4, 0.5) is 10.5 Å². The summed E-state index contributed by atoms with van der Waals surface area (Å²) in [7, 11) is 0. The third-order valence-electron chi connectivity index (χ3n) is 3.81. The van der Waals surface area contributed by atoms with Crippen LogP contribution in [0.1, 0.15) is 31.4 Å².